The Morgan fingerprint density at radius 3 is 1.20 bits per heavy atom. The van der Waals surface area contributed by atoms with Crippen LogP contribution in [-0.4, -0.2) is 68.1 Å². The number of carboxylic acid groups (broad SMARTS) is 1. The Labute approximate surface area is 225 Å². The predicted octanol–water partition coefficient (Wildman–Crippen LogP) is 2.07. The molecule has 214 valence electrons. The lowest BCUT2D eigenvalue weighted by atomic mass is 10.0. The molecule has 0 atom stereocenters. The predicted molar refractivity (Wildman–Crippen MR) is 136 cm³/mol. The van der Waals surface area contributed by atoms with Crippen molar-refractivity contribution in [3.8, 4) is 5.75 Å². The van der Waals surface area contributed by atoms with E-state index in [0.717, 1.165) is 0 Å². The highest BCUT2D eigenvalue weighted by Gasteiger charge is 2.28. The monoisotopic (exact) mass is 636 g/mol. The topological polar surface area (TPSA) is 275 Å². The Bertz CT molecular complexity index is 2130. The molecule has 0 bridgehead atoms. The van der Waals surface area contributed by atoms with E-state index in [1.165, 1.54) is 48.5 Å². The highest BCUT2D eigenvalue weighted by atomic mass is 32.2. The molecule has 19 heteroatoms. The Kier molecular flexibility index (Phi) is 8.00. The van der Waals surface area contributed by atoms with Crippen LogP contribution in [0.4, 0.5) is 0 Å². The minimum Gasteiger partial charge on any atom is -0.506 e. The van der Waals surface area contributed by atoms with E-state index in [9.17, 15) is 43.6 Å². The lowest BCUT2D eigenvalue weighted by Gasteiger charge is -2.11. The number of hydrogen-bond acceptors (Lipinski definition) is 10. The number of fused-ring (bicyclic) bond motifs is 2. The fourth-order valence-corrected chi connectivity index (χ4v) is 6.61. The minimum atomic E-state index is -5.01. The smallest absolute Gasteiger partial charge is 0.337 e. The summed E-state index contributed by atoms with van der Waals surface area (Å²) in [7, 11) is -19.4. The van der Waals surface area contributed by atoms with Gasteiger partial charge in [0.1, 0.15) is 25.3 Å². The van der Waals surface area contributed by atoms with Gasteiger partial charge in [0.15, 0.2) is 0 Å². The normalized spacial score (nSPS) is 12.6. The average Bonchev–Trinajstić information content (AvgIpc) is 2.80. The van der Waals surface area contributed by atoms with Crippen molar-refractivity contribution < 1.29 is 66.9 Å². The first-order chi connectivity index (χ1) is 18.2. The zero-order valence-corrected chi connectivity index (χ0v) is 22.5. The van der Waals surface area contributed by atoms with Crippen LogP contribution in [0.5, 0.6) is 5.75 Å². The molecule has 4 rings (SSSR count). The molecule has 0 spiro atoms. The van der Waals surface area contributed by atoms with Gasteiger partial charge in [-0.05, 0) is 17.5 Å². The minimum absolute atomic E-state index is 0.0603. The molecule has 0 aliphatic carbocycles. The zero-order chi connectivity index (χ0) is 30.4. The van der Waals surface area contributed by atoms with E-state index < -0.39 is 77.3 Å². The van der Waals surface area contributed by atoms with Crippen LogP contribution in [0, 0.1) is 0 Å². The Morgan fingerprint density at radius 1 is 0.500 bits per heavy atom. The Morgan fingerprint density at radius 2 is 0.825 bits per heavy atom. The van der Waals surface area contributed by atoms with Gasteiger partial charge in [0.2, 0.25) is 0 Å². The third-order valence-corrected chi connectivity index (χ3v) is 8.77. The summed E-state index contributed by atoms with van der Waals surface area (Å²) >= 11 is 0. The zero-order valence-electron chi connectivity index (χ0n) is 19.3. The van der Waals surface area contributed by atoms with Gasteiger partial charge in [-0.15, -0.1) is 0 Å². The molecule has 0 saturated heterocycles. The molecule has 6 N–H and O–H groups in total. The third kappa shape index (κ3) is 6.21. The van der Waals surface area contributed by atoms with E-state index in [-0.39, 0.29) is 21.5 Å². The van der Waals surface area contributed by atoms with Gasteiger partial charge in [-0.2, -0.15) is 33.7 Å². The number of carbonyl (C=O) groups is 1. The molecule has 0 amide bonds. The van der Waals surface area contributed by atoms with E-state index in [1.807, 2.05) is 0 Å². The van der Waals surface area contributed by atoms with E-state index in [0.29, 0.717) is 12.1 Å². The molecular formula is C21H16O15S4. The van der Waals surface area contributed by atoms with Crippen molar-refractivity contribution in [1.82, 2.24) is 0 Å². The first kappa shape index (κ1) is 30.8. The summed E-state index contributed by atoms with van der Waals surface area (Å²) in [5.74, 6) is -2.45. The first-order valence-corrected chi connectivity index (χ1v) is 15.9. The van der Waals surface area contributed by atoms with Crippen molar-refractivity contribution in [3.63, 3.8) is 0 Å². The van der Waals surface area contributed by atoms with Crippen molar-refractivity contribution in [2.75, 3.05) is 0 Å². The quantitative estimate of drug-likeness (QED) is 0.171. The van der Waals surface area contributed by atoms with Crippen LogP contribution in [0.3, 0.4) is 0 Å². The van der Waals surface area contributed by atoms with Crippen molar-refractivity contribution >= 4 is 68.0 Å². The summed E-state index contributed by atoms with van der Waals surface area (Å²) in [6.45, 7) is 0. The molecule has 4 aromatic carbocycles. The summed E-state index contributed by atoms with van der Waals surface area (Å²) < 4.78 is 126. The molecule has 0 aromatic heterocycles. The maximum Gasteiger partial charge on any atom is 0.337 e. The van der Waals surface area contributed by atoms with Crippen LogP contribution >= 0.6 is 0 Å². The number of rotatable bonds is 5. The average molecular weight is 637 g/mol. The van der Waals surface area contributed by atoms with Gasteiger partial charge in [0.25, 0.3) is 40.5 Å². The number of carboxylic acids is 1. The van der Waals surface area contributed by atoms with Crippen LogP contribution in [0.1, 0.15) is 10.4 Å². The number of aromatic carboxylic acids is 1. The van der Waals surface area contributed by atoms with E-state index in [1.54, 1.807) is 0 Å². The summed E-state index contributed by atoms with van der Waals surface area (Å²) in [6, 6.07) is 11.5. The van der Waals surface area contributed by atoms with Gasteiger partial charge in [-0.25, -0.2) is 4.79 Å². The van der Waals surface area contributed by atoms with Crippen molar-refractivity contribution in [3.05, 3.63) is 66.2 Å². The fraction of sp³-hybridized carbons (Fsp3) is 0. The maximum atomic E-state index is 11.3. The van der Waals surface area contributed by atoms with Gasteiger partial charge < -0.3 is 10.2 Å². The summed E-state index contributed by atoms with van der Waals surface area (Å²) in [5.41, 5.74) is -0.777. The van der Waals surface area contributed by atoms with E-state index >= 15 is 0 Å². The molecule has 0 saturated carbocycles. The molecule has 0 aliphatic rings. The molecule has 4 aromatic rings. The largest absolute Gasteiger partial charge is 0.506 e. The SMILES string of the molecule is O=C(O)c1c(S(=O)(=O)O)cc(S(=O)(=O)O)c2ccccc12.O=S(=O)(O)c1cc(S(=O)(=O)O)c2ccccc2c1O. The first-order valence-electron chi connectivity index (χ1n) is 10.1. The molecule has 0 fully saturated rings. The molecule has 0 unspecified atom stereocenters. The van der Waals surface area contributed by atoms with Gasteiger partial charge in [-0.3, -0.25) is 18.2 Å². The summed E-state index contributed by atoms with van der Waals surface area (Å²) in [5, 5.41) is 18.3. The standard InChI is InChI=1S/C11H8O8S2.C10H8O7S2/c12-11(13)10-7-4-2-1-3-6(7)8(20(14,15)16)5-9(10)21(17,18)19;11-10-7-4-2-1-3-6(7)8(18(12,13)14)5-9(10)19(15,16)17/h1-5H,(H,12,13)(H,14,15,16)(H,17,18,19);1-5,11H,(H,12,13,14)(H,15,16,17). The lowest BCUT2D eigenvalue weighted by molar-refractivity contribution is 0.0694. The summed E-state index contributed by atoms with van der Waals surface area (Å²) in [4.78, 5) is 7.63. The van der Waals surface area contributed by atoms with Gasteiger partial charge in [0.05, 0.1) is 5.56 Å². The Hall–Kier alpha value is -3.69. The van der Waals surface area contributed by atoms with Gasteiger partial charge in [-0.1, -0.05) is 48.5 Å². The van der Waals surface area contributed by atoms with Crippen LogP contribution in [-0.2, 0) is 40.5 Å². The van der Waals surface area contributed by atoms with Crippen LogP contribution in [0.25, 0.3) is 21.5 Å². The number of hydrogen-bond donors (Lipinski definition) is 6. The molecule has 40 heavy (non-hydrogen) atoms. The van der Waals surface area contributed by atoms with Crippen molar-refractivity contribution in [1.29, 1.82) is 0 Å². The molecule has 0 heterocycles. The summed E-state index contributed by atoms with van der Waals surface area (Å²) in [6.07, 6.45) is 0. The Balaban J connectivity index is 0.000000222. The third-order valence-electron chi connectivity index (χ3n) is 5.24. The number of benzene rings is 4. The molecule has 15 nitrogen and oxygen atoms in total. The molecular weight excluding hydrogens is 620 g/mol. The number of phenolic OH excluding ortho intramolecular Hbond substituents is 1. The van der Waals surface area contributed by atoms with Gasteiger partial charge in [0, 0.05) is 16.2 Å². The highest BCUT2D eigenvalue weighted by molar-refractivity contribution is 7.87. The van der Waals surface area contributed by atoms with E-state index in [2.05, 4.69) is 0 Å². The van der Waals surface area contributed by atoms with Gasteiger partial charge >= 0.3 is 5.97 Å². The van der Waals surface area contributed by atoms with Crippen LogP contribution in [0.2, 0.25) is 0 Å². The second kappa shape index (κ2) is 10.4. The van der Waals surface area contributed by atoms with Crippen LogP contribution in [0.15, 0.2) is 80.2 Å². The second-order valence-electron chi connectivity index (χ2n) is 7.77. The molecule has 0 aliphatic heterocycles. The highest BCUT2D eigenvalue weighted by Crippen LogP contribution is 2.36. The molecule has 0 radical (unpaired) electrons. The van der Waals surface area contributed by atoms with Crippen molar-refractivity contribution in [2.24, 2.45) is 0 Å². The van der Waals surface area contributed by atoms with Crippen molar-refractivity contribution in [2.45, 2.75) is 19.6 Å². The second-order valence-corrected chi connectivity index (χ2v) is 13.3. The maximum absolute atomic E-state index is 11.3. The van der Waals surface area contributed by atoms with Crippen LogP contribution < -0.4 is 0 Å². The van der Waals surface area contributed by atoms with E-state index in [4.69, 9.17) is 23.3 Å². The number of aromatic hydroxyl groups is 1. The number of phenols is 1. The fourth-order valence-electron chi connectivity index (χ4n) is 3.67. The lowest BCUT2D eigenvalue weighted by Crippen LogP contribution is -2.12.